The molecule has 0 aromatic heterocycles. The molecule has 0 unspecified atom stereocenters. The molecule has 0 bridgehead atoms. The van der Waals surface area contributed by atoms with Gasteiger partial charge in [0.2, 0.25) is 0 Å². The number of ketones is 1. The average molecular weight is 430 g/mol. The van der Waals surface area contributed by atoms with E-state index < -0.39 is 5.60 Å². The maximum atomic E-state index is 12.2. The number of hydrogen-bond acceptors (Lipinski definition) is 3. The van der Waals surface area contributed by atoms with Gasteiger partial charge in [-0.05, 0) is 92.2 Å². The number of carbonyl (C=O) groups excluding carboxylic acids is 1. The van der Waals surface area contributed by atoms with Crippen molar-refractivity contribution in [1.29, 1.82) is 0 Å². The fraction of sp³-hybridized carbons (Fsp3) is 0.552. The van der Waals surface area contributed by atoms with Gasteiger partial charge in [-0.3, -0.25) is 4.79 Å². The molecule has 5 rings (SSSR count). The maximum absolute atomic E-state index is 12.2. The summed E-state index contributed by atoms with van der Waals surface area (Å²) in [4.78, 5) is 14.3. The Morgan fingerprint density at radius 2 is 1.84 bits per heavy atom. The van der Waals surface area contributed by atoms with Crippen molar-refractivity contribution >= 4 is 11.5 Å². The van der Waals surface area contributed by atoms with Crippen LogP contribution in [0.25, 0.3) is 0 Å². The molecule has 0 aliphatic heterocycles. The molecule has 5 atom stereocenters. The topological polar surface area (TPSA) is 40.5 Å². The number of rotatable bonds is 2. The third-order valence-corrected chi connectivity index (χ3v) is 9.03. The van der Waals surface area contributed by atoms with Crippen LogP contribution in [0, 0.1) is 29.1 Å². The molecule has 0 saturated heterocycles. The van der Waals surface area contributed by atoms with E-state index in [4.69, 9.17) is 0 Å². The summed E-state index contributed by atoms with van der Waals surface area (Å²) in [5, 5.41) is 11.7. The lowest BCUT2D eigenvalue weighted by atomic mass is 9.51. The SMILES string of the molecule is CC#C[C@@]1(O)CC[C@H]2[C@H]3CCC4=CC(=O)CCC4=C3[C@@H](c3ccc(N(C)C)cc3)C[C@@]21C. The average Bonchev–Trinajstić information content (AvgIpc) is 3.03. The van der Waals surface area contributed by atoms with Crippen LogP contribution >= 0.6 is 0 Å². The van der Waals surface area contributed by atoms with Gasteiger partial charge >= 0.3 is 0 Å². The van der Waals surface area contributed by atoms with Crippen LogP contribution in [-0.2, 0) is 4.79 Å². The third kappa shape index (κ3) is 3.11. The molecular formula is C29H35NO2. The van der Waals surface area contributed by atoms with Gasteiger partial charge in [0, 0.05) is 37.5 Å². The highest BCUT2D eigenvalue weighted by Gasteiger charge is 2.62. The smallest absolute Gasteiger partial charge is 0.156 e. The second kappa shape index (κ2) is 7.63. The van der Waals surface area contributed by atoms with Gasteiger partial charge in [-0.25, -0.2) is 0 Å². The Labute approximate surface area is 192 Å². The summed E-state index contributed by atoms with van der Waals surface area (Å²) in [6.45, 7) is 4.15. The summed E-state index contributed by atoms with van der Waals surface area (Å²) >= 11 is 0. The Kier molecular flexibility index (Phi) is 5.13. The predicted molar refractivity (Wildman–Crippen MR) is 129 cm³/mol. The summed E-state index contributed by atoms with van der Waals surface area (Å²) in [5.74, 6) is 7.76. The summed E-state index contributed by atoms with van der Waals surface area (Å²) in [6, 6.07) is 8.97. The Balaban J connectivity index is 1.67. The molecule has 0 heterocycles. The fourth-order valence-corrected chi connectivity index (χ4v) is 7.38. The van der Waals surface area contributed by atoms with Crippen LogP contribution in [0.4, 0.5) is 5.69 Å². The van der Waals surface area contributed by atoms with Crippen molar-refractivity contribution < 1.29 is 9.90 Å². The van der Waals surface area contributed by atoms with Gasteiger partial charge in [0.15, 0.2) is 5.78 Å². The number of anilines is 1. The Morgan fingerprint density at radius 3 is 2.53 bits per heavy atom. The second-order valence-electron chi connectivity index (χ2n) is 10.8. The summed E-state index contributed by atoms with van der Waals surface area (Å²) in [5.41, 5.74) is 5.71. The van der Waals surface area contributed by atoms with Crippen molar-refractivity contribution in [3.63, 3.8) is 0 Å². The largest absolute Gasteiger partial charge is 0.378 e. The van der Waals surface area contributed by atoms with Gasteiger partial charge < -0.3 is 10.0 Å². The molecule has 168 valence electrons. The van der Waals surface area contributed by atoms with Gasteiger partial charge in [0.05, 0.1) is 0 Å². The molecule has 2 saturated carbocycles. The Bertz CT molecular complexity index is 1070. The van der Waals surface area contributed by atoms with E-state index in [1.807, 2.05) is 13.0 Å². The van der Waals surface area contributed by atoms with Crippen molar-refractivity contribution in [3.05, 3.63) is 52.6 Å². The first-order valence-electron chi connectivity index (χ1n) is 12.2. The highest BCUT2D eigenvalue weighted by Crippen LogP contribution is 2.66. The number of carbonyl (C=O) groups is 1. The highest BCUT2D eigenvalue weighted by molar-refractivity contribution is 5.93. The lowest BCUT2D eigenvalue weighted by Gasteiger charge is -2.53. The first-order chi connectivity index (χ1) is 15.3. The molecule has 4 aliphatic carbocycles. The van der Waals surface area contributed by atoms with Crippen molar-refractivity contribution in [1.82, 2.24) is 0 Å². The van der Waals surface area contributed by atoms with E-state index >= 15 is 0 Å². The lowest BCUT2D eigenvalue weighted by molar-refractivity contribution is -0.114. The van der Waals surface area contributed by atoms with Gasteiger partial charge in [0.1, 0.15) is 5.60 Å². The molecule has 0 radical (unpaired) electrons. The molecular weight excluding hydrogens is 394 g/mol. The quantitative estimate of drug-likeness (QED) is 0.640. The van der Waals surface area contributed by atoms with Crippen LogP contribution in [0.1, 0.15) is 70.3 Å². The van der Waals surface area contributed by atoms with E-state index in [0.29, 0.717) is 18.3 Å². The van der Waals surface area contributed by atoms with Crippen LogP contribution in [0.2, 0.25) is 0 Å². The highest BCUT2D eigenvalue weighted by atomic mass is 16.3. The van der Waals surface area contributed by atoms with Gasteiger partial charge in [0.25, 0.3) is 0 Å². The molecule has 4 aliphatic rings. The minimum atomic E-state index is -0.914. The van der Waals surface area contributed by atoms with Crippen LogP contribution in [0.3, 0.4) is 0 Å². The van der Waals surface area contributed by atoms with Crippen molar-refractivity contribution in [2.24, 2.45) is 17.3 Å². The third-order valence-electron chi connectivity index (χ3n) is 9.03. The molecule has 32 heavy (non-hydrogen) atoms. The predicted octanol–water partition coefficient (Wildman–Crippen LogP) is 5.41. The fourth-order valence-electron chi connectivity index (χ4n) is 7.38. The molecule has 2 fully saturated rings. The zero-order chi connectivity index (χ0) is 22.7. The summed E-state index contributed by atoms with van der Waals surface area (Å²) < 4.78 is 0. The first kappa shape index (κ1) is 21.5. The monoisotopic (exact) mass is 429 g/mol. The van der Waals surface area contributed by atoms with Crippen LogP contribution < -0.4 is 4.90 Å². The van der Waals surface area contributed by atoms with Crippen molar-refractivity contribution in [2.45, 2.75) is 70.3 Å². The van der Waals surface area contributed by atoms with E-state index in [0.717, 1.165) is 38.5 Å². The molecule has 3 nitrogen and oxygen atoms in total. The zero-order valence-electron chi connectivity index (χ0n) is 19.9. The number of nitrogens with zero attached hydrogens (tertiary/aromatic N) is 1. The number of fused-ring (bicyclic) bond motifs is 4. The molecule has 1 aromatic rings. The minimum absolute atomic E-state index is 0.221. The maximum Gasteiger partial charge on any atom is 0.156 e. The van der Waals surface area contributed by atoms with Crippen molar-refractivity contribution in [3.8, 4) is 11.8 Å². The second-order valence-corrected chi connectivity index (χ2v) is 10.8. The molecule has 0 amide bonds. The number of benzene rings is 1. The first-order valence-corrected chi connectivity index (χ1v) is 12.2. The van der Waals surface area contributed by atoms with Gasteiger partial charge in [-0.2, -0.15) is 0 Å². The summed E-state index contributed by atoms with van der Waals surface area (Å²) in [6.07, 6.45) is 8.23. The van der Waals surface area contributed by atoms with Crippen LogP contribution in [-0.4, -0.2) is 30.6 Å². The lowest BCUT2D eigenvalue weighted by Crippen LogP contribution is -2.51. The Hall–Kier alpha value is -2.31. The number of allylic oxidation sites excluding steroid dienone is 4. The van der Waals surface area contributed by atoms with Crippen LogP contribution in [0.15, 0.2) is 47.1 Å². The van der Waals surface area contributed by atoms with Gasteiger partial charge in [-0.15, -0.1) is 5.92 Å². The molecule has 1 N–H and O–H groups in total. The minimum Gasteiger partial charge on any atom is -0.378 e. The number of hydrogen-bond donors (Lipinski definition) is 1. The number of aliphatic hydroxyl groups is 1. The standard InChI is InChI=1S/C29H35NO2/c1-5-15-29(32)16-14-26-24-12-8-20-17-22(31)11-13-23(20)27(24)25(18-28(26,29)2)19-6-9-21(10-7-19)30(3)4/h6-7,9-10,17,24-26,32H,8,11-14,16,18H2,1-4H3/t24-,25-,26+,28+,29-/m1/s1. The molecule has 0 spiro atoms. The summed E-state index contributed by atoms with van der Waals surface area (Å²) in [7, 11) is 4.14. The normalized spacial score (nSPS) is 35.8. The van der Waals surface area contributed by atoms with E-state index in [9.17, 15) is 9.90 Å². The van der Waals surface area contributed by atoms with E-state index in [2.05, 4.69) is 62.0 Å². The van der Waals surface area contributed by atoms with E-state index in [1.54, 1.807) is 5.57 Å². The zero-order valence-corrected chi connectivity index (χ0v) is 19.9. The van der Waals surface area contributed by atoms with Crippen molar-refractivity contribution in [2.75, 3.05) is 19.0 Å². The molecule has 3 heteroatoms. The van der Waals surface area contributed by atoms with E-state index in [1.165, 1.54) is 22.4 Å². The van der Waals surface area contributed by atoms with E-state index in [-0.39, 0.29) is 17.1 Å². The Morgan fingerprint density at radius 1 is 1.09 bits per heavy atom. The van der Waals surface area contributed by atoms with Gasteiger partial charge in [-0.1, -0.05) is 30.6 Å². The van der Waals surface area contributed by atoms with Crippen LogP contribution in [0.5, 0.6) is 0 Å². The molecule has 1 aromatic carbocycles.